The first-order valence-corrected chi connectivity index (χ1v) is 3.98. The summed E-state index contributed by atoms with van der Waals surface area (Å²) in [5, 5.41) is 17.6. The molecule has 12 heavy (non-hydrogen) atoms. The Hall–Kier alpha value is -0.610. The average Bonchev–Trinajstić information content (AvgIpc) is 1.95. The number of carboxylic acid groups (broad SMARTS) is 1. The van der Waals surface area contributed by atoms with Crippen molar-refractivity contribution < 1.29 is 19.7 Å². The Morgan fingerprint density at radius 2 is 2.25 bits per heavy atom. The van der Waals surface area contributed by atoms with Crippen LogP contribution in [-0.2, 0) is 9.53 Å². The summed E-state index contributed by atoms with van der Waals surface area (Å²) >= 11 is 0. The highest BCUT2D eigenvalue weighted by Gasteiger charge is 2.50. The van der Waals surface area contributed by atoms with Gasteiger partial charge in [-0.3, -0.25) is 4.79 Å². The van der Waals surface area contributed by atoms with Gasteiger partial charge in [-0.2, -0.15) is 0 Å². The molecule has 0 heterocycles. The Labute approximate surface area is 71.2 Å². The molecule has 1 rings (SSSR count). The molecule has 1 aliphatic carbocycles. The smallest absolute Gasteiger partial charge is 0.312 e. The third-order valence-electron chi connectivity index (χ3n) is 2.49. The predicted molar refractivity (Wildman–Crippen MR) is 41.8 cm³/mol. The van der Waals surface area contributed by atoms with Gasteiger partial charge in [0.05, 0.1) is 12.0 Å². The quantitative estimate of drug-likeness (QED) is 0.634. The summed E-state index contributed by atoms with van der Waals surface area (Å²) in [6, 6.07) is 0. The molecule has 0 atom stereocenters. The first-order chi connectivity index (χ1) is 5.64. The van der Waals surface area contributed by atoms with E-state index in [0.717, 1.165) is 0 Å². The second kappa shape index (κ2) is 3.41. The fraction of sp³-hybridized carbons (Fsp3) is 0.875. The van der Waals surface area contributed by atoms with Gasteiger partial charge < -0.3 is 14.9 Å². The number of hydrogen-bond acceptors (Lipinski definition) is 3. The van der Waals surface area contributed by atoms with Gasteiger partial charge in [-0.25, -0.2) is 0 Å². The third-order valence-corrected chi connectivity index (χ3v) is 2.49. The molecule has 0 amide bonds. The molecule has 4 nitrogen and oxygen atoms in total. The highest BCUT2D eigenvalue weighted by molar-refractivity contribution is 5.76. The van der Waals surface area contributed by atoms with Crippen LogP contribution in [0.15, 0.2) is 0 Å². The Morgan fingerprint density at radius 3 is 2.58 bits per heavy atom. The van der Waals surface area contributed by atoms with Crippen LogP contribution in [0.1, 0.15) is 12.8 Å². The molecule has 0 radical (unpaired) electrons. The lowest BCUT2D eigenvalue weighted by molar-refractivity contribution is -0.165. The van der Waals surface area contributed by atoms with E-state index in [1.54, 1.807) is 0 Å². The van der Waals surface area contributed by atoms with Crippen LogP contribution < -0.4 is 0 Å². The van der Waals surface area contributed by atoms with Crippen LogP contribution in [-0.4, -0.2) is 36.5 Å². The molecule has 1 aliphatic rings. The number of aliphatic carboxylic acids is 1. The molecule has 0 saturated heterocycles. The van der Waals surface area contributed by atoms with Gasteiger partial charge in [-0.1, -0.05) is 0 Å². The summed E-state index contributed by atoms with van der Waals surface area (Å²) in [7, 11) is 1.50. The lowest BCUT2D eigenvalue weighted by atomic mass is 9.62. The topological polar surface area (TPSA) is 66.8 Å². The molecule has 0 aliphatic heterocycles. The Kier molecular flexibility index (Phi) is 2.69. The number of aliphatic hydroxyl groups is 1. The number of ether oxygens (including phenoxy) is 1. The van der Waals surface area contributed by atoms with Gasteiger partial charge in [0.1, 0.15) is 0 Å². The maximum atomic E-state index is 10.8. The van der Waals surface area contributed by atoms with E-state index in [0.29, 0.717) is 12.8 Å². The summed E-state index contributed by atoms with van der Waals surface area (Å²) in [6.45, 7) is 0.331. The van der Waals surface area contributed by atoms with Gasteiger partial charge in [-0.15, -0.1) is 0 Å². The minimum absolute atomic E-state index is 0.0821. The minimum atomic E-state index is -0.811. The van der Waals surface area contributed by atoms with Crippen LogP contribution in [0, 0.1) is 11.3 Å². The van der Waals surface area contributed by atoms with E-state index in [-0.39, 0.29) is 19.1 Å². The number of aliphatic hydroxyl groups excluding tert-OH is 1. The van der Waals surface area contributed by atoms with E-state index in [9.17, 15) is 4.79 Å². The summed E-state index contributed by atoms with van der Waals surface area (Å²) in [6.07, 6.45) is 1.07. The summed E-state index contributed by atoms with van der Waals surface area (Å²) in [5.74, 6) is -0.662. The van der Waals surface area contributed by atoms with Gasteiger partial charge in [0.15, 0.2) is 0 Å². The first-order valence-electron chi connectivity index (χ1n) is 3.98. The zero-order chi connectivity index (χ0) is 9.19. The van der Waals surface area contributed by atoms with Crippen LogP contribution in [0.4, 0.5) is 0 Å². The molecule has 4 heteroatoms. The Bertz CT molecular complexity index is 172. The molecule has 2 N–H and O–H groups in total. The highest BCUT2D eigenvalue weighted by atomic mass is 16.5. The third kappa shape index (κ3) is 1.44. The zero-order valence-corrected chi connectivity index (χ0v) is 7.12. The Morgan fingerprint density at radius 1 is 1.67 bits per heavy atom. The summed E-state index contributed by atoms with van der Waals surface area (Å²) in [4.78, 5) is 10.8. The largest absolute Gasteiger partial charge is 0.481 e. The molecule has 0 unspecified atom stereocenters. The molecule has 0 aromatic carbocycles. The van der Waals surface area contributed by atoms with Crippen LogP contribution in [0.3, 0.4) is 0 Å². The van der Waals surface area contributed by atoms with Crippen molar-refractivity contribution in [3.8, 4) is 0 Å². The fourth-order valence-corrected chi connectivity index (χ4v) is 1.80. The van der Waals surface area contributed by atoms with Gasteiger partial charge in [0, 0.05) is 13.7 Å². The molecular formula is C8H14O4. The molecule has 70 valence electrons. The van der Waals surface area contributed by atoms with E-state index in [1.807, 2.05) is 0 Å². The maximum Gasteiger partial charge on any atom is 0.312 e. The molecule has 1 saturated carbocycles. The van der Waals surface area contributed by atoms with E-state index >= 15 is 0 Å². The van der Waals surface area contributed by atoms with Crippen molar-refractivity contribution >= 4 is 5.97 Å². The van der Waals surface area contributed by atoms with Crippen LogP contribution in [0.5, 0.6) is 0 Å². The molecular weight excluding hydrogens is 160 g/mol. The monoisotopic (exact) mass is 174 g/mol. The van der Waals surface area contributed by atoms with Crippen molar-refractivity contribution in [2.24, 2.45) is 11.3 Å². The lowest BCUT2D eigenvalue weighted by Crippen LogP contribution is -2.48. The predicted octanol–water partition coefficient (Wildman–Crippen LogP) is 0.106. The molecule has 1 fully saturated rings. The maximum absolute atomic E-state index is 10.8. The van der Waals surface area contributed by atoms with Crippen LogP contribution >= 0.6 is 0 Å². The van der Waals surface area contributed by atoms with Gasteiger partial charge in [0.25, 0.3) is 0 Å². The van der Waals surface area contributed by atoms with Crippen molar-refractivity contribution in [3.05, 3.63) is 0 Å². The van der Waals surface area contributed by atoms with Crippen molar-refractivity contribution in [1.82, 2.24) is 0 Å². The van der Waals surface area contributed by atoms with Crippen LogP contribution in [0.25, 0.3) is 0 Å². The van der Waals surface area contributed by atoms with Crippen molar-refractivity contribution in [2.75, 3.05) is 20.3 Å². The second-order valence-corrected chi connectivity index (χ2v) is 3.48. The van der Waals surface area contributed by atoms with Gasteiger partial charge in [0.2, 0.25) is 0 Å². The number of carbonyl (C=O) groups is 1. The number of hydrogen-bond donors (Lipinski definition) is 2. The number of carboxylic acids is 1. The van der Waals surface area contributed by atoms with Crippen molar-refractivity contribution in [1.29, 1.82) is 0 Å². The van der Waals surface area contributed by atoms with E-state index in [4.69, 9.17) is 14.9 Å². The second-order valence-electron chi connectivity index (χ2n) is 3.48. The lowest BCUT2D eigenvalue weighted by Gasteiger charge is -2.43. The average molecular weight is 174 g/mol. The minimum Gasteiger partial charge on any atom is -0.481 e. The van der Waals surface area contributed by atoms with Crippen molar-refractivity contribution in [3.63, 3.8) is 0 Å². The molecule has 0 spiro atoms. The normalized spacial score (nSPS) is 34.3. The molecule has 0 aromatic heterocycles. The summed E-state index contributed by atoms with van der Waals surface area (Å²) < 4.78 is 4.84. The van der Waals surface area contributed by atoms with Gasteiger partial charge >= 0.3 is 5.97 Å². The standard InChI is InChI=1S/C8H14O4/c1-12-5-8(7(10)11)2-6(3-8)4-9/h6,9H,2-5H2,1H3,(H,10,11). The van der Waals surface area contributed by atoms with Crippen molar-refractivity contribution in [2.45, 2.75) is 12.8 Å². The SMILES string of the molecule is COCC1(C(=O)O)CC(CO)C1. The molecule has 0 aromatic rings. The zero-order valence-electron chi connectivity index (χ0n) is 7.12. The fourth-order valence-electron chi connectivity index (χ4n) is 1.80. The number of rotatable bonds is 4. The number of methoxy groups -OCH3 is 1. The van der Waals surface area contributed by atoms with E-state index < -0.39 is 11.4 Å². The summed E-state index contributed by atoms with van der Waals surface area (Å²) in [5.41, 5.74) is -0.720. The van der Waals surface area contributed by atoms with Crippen LogP contribution in [0.2, 0.25) is 0 Å². The Balaban J connectivity index is 2.49. The first kappa shape index (κ1) is 9.48. The highest BCUT2D eigenvalue weighted by Crippen LogP contribution is 2.45. The molecule has 0 bridgehead atoms. The van der Waals surface area contributed by atoms with E-state index in [2.05, 4.69) is 0 Å². The van der Waals surface area contributed by atoms with Gasteiger partial charge in [-0.05, 0) is 18.8 Å². The van der Waals surface area contributed by atoms with E-state index in [1.165, 1.54) is 7.11 Å².